The first-order chi connectivity index (χ1) is 9.70. The van der Waals surface area contributed by atoms with Gasteiger partial charge in [-0.3, -0.25) is 4.79 Å². The Bertz CT molecular complexity index is 610. The second-order valence-corrected chi connectivity index (χ2v) is 3.78. The largest absolute Gasteiger partial charge is 0.504 e. The molecule has 8 heteroatoms. The van der Waals surface area contributed by atoms with Gasteiger partial charge in [0.1, 0.15) is 19.2 Å². The van der Waals surface area contributed by atoms with E-state index >= 15 is 0 Å². The Hall–Kier alpha value is -2.90. The third-order valence-electron chi connectivity index (χ3n) is 2.42. The van der Waals surface area contributed by atoms with Crippen molar-refractivity contribution in [2.75, 3.05) is 7.11 Å². The highest BCUT2D eigenvalue weighted by Crippen LogP contribution is 2.27. The van der Waals surface area contributed by atoms with Crippen LogP contribution < -0.4 is 10.2 Å². The Balaban J connectivity index is 1.95. The van der Waals surface area contributed by atoms with Crippen LogP contribution in [0.2, 0.25) is 0 Å². The van der Waals surface area contributed by atoms with E-state index in [2.05, 4.69) is 20.6 Å². The number of aromatic nitrogens is 3. The first-order valence-electron chi connectivity index (χ1n) is 5.71. The Morgan fingerprint density at radius 3 is 3.15 bits per heavy atom. The molecule has 0 saturated carbocycles. The topological polar surface area (TPSA) is 102 Å². The van der Waals surface area contributed by atoms with Gasteiger partial charge < -0.3 is 9.84 Å². The summed E-state index contributed by atoms with van der Waals surface area (Å²) >= 11 is 0. The predicted molar refractivity (Wildman–Crippen MR) is 70.4 cm³/mol. The number of benzene rings is 1. The van der Waals surface area contributed by atoms with E-state index in [0.29, 0.717) is 11.3 Å². The van der Waals surface area contributed by atoms with Crippen molar-refractivity contribution >= 4 is 12.1 Å². The van der Waals surface area contributed by atoms with Crippen LogP contribution in [0.4, 0.5) is 0 Å². The highest BCUT2D eigenvalue weighted by Gasteiger charge is 2.05. The molecule has 0 spiro atoms. The van der Waals surface area contributed by atoms with Crippen molar-refractivity contribution in [2.24, 2.45) is 5.10 Å². The third-order valence-corrected chi connectivity index (χ3v) is 2.42. The van der Waals surface area contributed by atoms with Crippen molar-refractivity contribution in [3.05, 3.63) is 36.4 Å². The van der Waals surface area contributed by atoms with Crippen LogP contribution in [0.25, 0.3) is 0 Å². The number of aromatic hydroxyl groups is 1. The second kappa shape index (κ2) is 6.32. The number of hydrogen-bond donors (Lipinski definition) is 2. The number of rotatable bonds is 5. The summed E-state index contributed by atoms with van der Waals surface area (Å²) in [5.41, 5.74) is 2.76. The number of carbonyl (C=O) groups is 1. The number of methoxy groups -OCH3 is 1. The number of hydrogen-bond acceptors (Lipinski definition) is 6. The highest BCUT2D eigenvalue weighted by molar-refractivity contribution is 5.86. The highest BCUT2D eigenvalue weighted by atomic mass is 16.5. The number of nitrogens with zero attached hydrogens (tertiary/aromatic N) is 4. The lowest BCUT2D eigenvalue weighted by Crippen LogP contribution is -2.23. The molecule has 0 aliphatic carbocycles. The average Bonchev–Trinajstić information content (AvgIpc) is 2.93. The van der Waals surface area contributed by atoms with Gasteiger partial charge in [-0.1, -0.05) is 6.07 Å². The number of ether oxygens (including phenoxy) is 1. The summed E-state index contributed by atoms with van der Waals surface area (Å²) in [6, 6.07) is 4.97. The molecule has 2 rings (SSSR count). The van der Waals surface area contributed by atoms with Gasteiger partial charge in [0.25, 0.3) is 5.91 Å². The van der Waals surface area contributed by atoms with Crippen LogP contribution in [0.3, 0.4) is 0 Å². The Kier molecular flexibility index (Phi) is 4.28. The van der Waals surface area contributed by atoms with Crippen LogP contribution in [-0.4, -0.2) is 39.1 Å². The fraction of sp³-hybridized carbons (Fsp3) is 0.167. The first-order valence-corrected chi connectivity index (χ1v) is 5.71. The zero-order valence-electron chi connectivity index (χ0n) is 10.7. The maximum atomic E-state index is 11.5. The fourth-order valence-corrected chi connectivity index (χ4v) is 1.48. The number of carbonyl (C=O) groups excluding carboxylic acids is 1. The quantitative estimate of drug-likeness (QED) is 0.597. The van der Waals surface area contributed by atoms with E-state index in [4.69, 9.17) is 4.74 Å². The number of para-hydroxylation sites is 1. The molecule has 2 N–H and O–H groups in total. The lowest BCUT2D eigenvalue weighted by Gasteiger charge is -2.05. The van der Waals surface area contributed by atoms with Crippen molar-refractivity contribution in [1.29, 1.82) is 0 Å². The lowest BCUT2D eigenvalue weighted by atomic mass is 10.2. The van der Waals surface area contributed by atoms with Crippen LogP contribution >= 0.6 is 0 Å². The van der Waals surface area contributed by atoms with Gasteiger partial charge in [-0.15, -0.1) is 0 Å². The zero-order chi connectivity index (χ0) is 14.4. The van der Waals surface area contributed by atoms with E-state index in [1.165, 1.54) is 30.7 Å². The summed E-state index contributed by atoms with van der Waals surface area (Å²) in [5.74, 6) is -0.0543. The minimum absolute atomic E-state index is 0.0153. The summed E-state index contributed by atoms with van der Waals surface area (Å²) in [7, 11) is 1.45. The van der Waals surface area contributed by atoms with E-state index in [1.54, 1.807) is 18.2 Å². The smallest absolute Gasteiger partial charge is 0.261 e. The molecule has 104 valence electrons. The van der Waals surface area contributed by atoms with Gasteiger partial charge in [0, 0.05) is 5.56 Å². The molecule has 0 unspecified atom stereocenters. The summed E-state index contributed by atoms with van der Waals surface area (Å²) < 4.78 is 6.33. The van der Waals surface area contributed by atoms with Gasteiger partial charge in [0.2, 0.25) is 0 Å². The van der Waals surface area contributed by atoms with Crippen LogP contribution in [0, 0.1) is 0 Å². The predicted octanol–water partition coefficient (Wildman–Crippen LogP) is 0.143. The standard InChI is InChI=1S/C12H13N5O3/c1-20-10-4-2-3-9(12(10)19)5-14-16-11(18)6-17-8-13-7-15-17/h2-5,7-8,19H,6H2,1H3,(H,16,18). The van der Waals surface area contributed by atoms with E-state index < -0.39 is 0 Å². The van der Waals surface area contributed by atoms with Gasteiger partial charge in [0.15, 0.2) is 11.5 Å². The lowest BCUT2D eigenvalue weighted by molar-refractivity contribution is -0.121. The molecule has 1 aromatic heterocycles. The molecule has 2 aromatic rings. The molecule has 8 nitrogen and oxygen atoms in total. The molecule has 0 bridgehead atoms. The SMILES string of the molecule is COc1cccc(C=NNC(=O)Cn2cncn2)c1O. The van der Waals surface area contributed by atoms with Crippen LogP contribution in [0.5, 0.6) is 11.5 Å². The minimum atomic E-state index is -0.353. The third kappa shape index (κ3) is 3.31. The fourth-order valence-electron chi connectivity index (χ4n) is 1.48. The van der Waals surface area contributed by atoms with Crippen LogP contribution in [-0.2, 0) is 11.3 Å². The molecule has 0 fully saturated rings. The van der Waals surface area contributed by atoms with E-state index in [-0.39, 0.29) is 18.2 Å². The van der Waals surface area contributed by atoms with E-state index in [9.17, 15) is 9.90 Å². The summed E-state index contributed by atoms with van der Waals surface area (Å²) in [4.78, 5) is 15.2. The van der Waals surface area contributed by atoms with Crippen molar-refractivity contribution in [2.45, 2.75) is 6.54 Å². The molecule has 0 aliphatic rings. The first kappa shape index (κ1) is 13.5. The number of amides is 1. The van der Waals surface area contributed by atoms with Gasteiger partial charge >= 0.3 is 0 Å². The molecule has 1 heterocycles. The van der Waals surface area contributed by atoms with Crippen LogP contribution in [0.15, 0.2) is 36.0 Å². The molecule has 0 saturated heterocycles. The van der Waals surface area contributed by atoms with Gasteiger partial charge in [-0.05, 0) is 12.1 Å². The van der Waals surface area contributed by atoms with Crippen LogP contribution in [0.1, 0.15) is 5.56 Å². The Labute approximate surface area is 114 Å². The van der Waals surface area contributed by atoms with Gasteiger partial charge in [-0.25, -0.2) is 15.1 Å². The molecular weight excluding hydrogens is 262 g/mol. The summed E-state index contributed by atoms with van der Waals surface area (Å²) in [5, 5.41) is 17.4. The van der Waals surface area contributed by atoms with Gasteiger partial charge in [-0.2, -0.15) is 10.2 Å². The van der Waals surface area contributed by atoms with Crippen molar-refractivity contribution in [3.63, 3.8) is 0 Å². The molecule has 1 aromatic carbocycles. The normalized spacial score (nSPS) is 10.7. The number of nitrogens with one attached hydrogen (secondary N) is 1. The van der Waals surface area contributed by atoms with Crippen molar-refractivity contribution < 1.29 is 14.6 Å². The van der Waals surface area contributed by atoms with E-state index in [1.807, 2.05) is 0 Å². The monoisotopic (exact) mass is 275 g/mol. The minimum Gasteiger partial charge on any atom is -0.504 e. The number of hydrazone groups is 1. The maximum Gasteiger partial charge on any atom is 0.261 e. The second-order valence-electron chi connectivity index (χ2n) is 3.78. The van der Waals surface area contributed by atoms with Gasteiger partial charge in [0.05, 0.1) is 13.3 Å². The Morgan fingerprint density at radius 1 is 1.60 bits per heavy atom. The summed E-state index contributed by atoms with van der Waals surface area (Å²) in [6.07, 6.45) is 4.10. The molecule has 20 heavy (non-hydrogen) atoms. The number of phenolic OH excluding ortho intramolecular Hbond substituents is 1. The zero-order valence-corrected chi connectivity index (χ0v) is 10.7. The molecule has 1 amide bonds. The van der Waals surface area contributed by atoms with Crippen molar-refractivity contribution in [1.82, 2.24) is 20.2 Å². The number of phenols is 1. The maximum absolute atomic E-state index is 11.5. The van der Waals surface area contributed by atoms with E-state index in [0.717, 1.165) is 0 Å². The molecule has 0 aliphatic heterocycles. The van der Waals surface area contributed by atoms with Crippen molar-refractivity contribution in [3.8, 4) is 11.5 Å². The molecule has 0 atom stereocenters. The summed E-state index contributed by atoms with van der Waals surface area (Å²) in [6.45, 7) is 0.0153. The molecule has 0 radical (unpaired) electrons. The average molecular weight is 275 g/mol. The molecular formula is C12H13N5O3. The Morgan fingerprint density at radius 2 is 2.45 bits per heavy atom.